The number of aromatic nitrogens is 2. The molecule has 0 aliphatic rings. The molecule has 12 heavy (non-hydrogen) atoms. The summed E-state index contributed by atoms with van der Waals surface area (Å²) in [5.74, 6) is 2.53. The zero-order valence-electron chi connectivity index (χ0n) is 6.60. The molecule has 0 aliphatic carbocycles. The Balaban J connectivity index is 2.30. The third-order valence-corrected chi connectivity index (χ3v) is 2.27. The van der Waals surface area contributed by atoms with Crippen LogP contribution in [0.1, 0.15) is 30.2 Å². The van der Waals surface area contributed by atoms with E-state index in [2.05, 4.69) is 15.5 Å². The number of aliphatic hydroxyl groups is 1. The van der Waals surface area contributed by atoms with E-state index in [4.69, 9.17) is 6.42 Å². The van der Waals surface area contributed by atoms with Gasteiger partial charge in [0.25, 0.3) is 0 Å². The average molecular weight is 182 g/mol. The molecule has 1 aromatic rings. The highest BCUT2D eigenvalue weighted by molar-refractivity contribution is 7.05. The molecule has 1 aromatic heterocycles. The Morgan fingerprint density at radius 2 is 2.58 bits per heavy atom. The van der Waals surface area contributed by atoms with Crippen LogP contribution in [0.25, 0.3) is 0 Å². The van der Waals surface area contributed by atoms with Gasteiger partial charge < -0.3 is 5.11 Å². The van der Waals surface area contributed by atoms with Gasteiger partial charge in [0.1, 0.15) is 0 Å². The number of terminal acetylenes is 1. The zero-order chi connectivity index (χ0) is 8.81. The van der Waals surface area contributed by atoms with Gasteiger partial charge in [-0.05, 0) is 24.4 Å². The molecule has 1 unspecified atom stereocenters. The Kier molecular flexibility index (Phi) is 3.71. The number of aliphatic hydroxyl groups excluding tert-OH is 1. The van der Waals surface area contributed by atoms with Crippen molar-refractivity contribution in [3.05, 3.63) is 11.1 Å². The summed E-state index contributed by atoms with van der Waals surface area (Å²) in [6.07, 6.45) is 8.47. The first-order chi connectivity index (χ1) is 5.84. The Labute approximate surface area is 75.6 Å². The van der Waals surface area contributed by atoms with Gasteiger partial charge in [0.15, 0.2) is 0 Å². The summed E-state index contributed by atoms with van der Waals surface area (Å²) >= 11 is 1.23. The summed E-state index contributed by atoms with van der Waals surface area (Å²) in [6, 6.07) is 0. The van der Waals surface area contributed by atoms with E-state index in [0.29, 0.717) is 12.8 Å². The highest BCUT2D eigenvalue weighted by Gasteiger charge is 2.08. The predicted octanol–water partition coefficient (Wildman–Crippen LogP) is 1.37. The maximum atomic E-state index is 9.50. The minimum Gasteiger partial charge on any atom is -0.387 e. The van der Waals surface area contributed by atoms with Crippen LogP contribution in [-0.4, -0.2) is 14.7 Å². The summed E-state index contributed by atoms with van der Waals surface area (Å²) in [4.78, 5) is 0.812. The van der Waals surface area contributed by atoms with Crippen LogP contribution in [0, 0.1) is 12.3 Å². The highest BCUT2D eigenvalue weighted by atomic mass is 32.1. The lowest BCUT2D eigenvalue weighted by molar-refractivity contribution is 0.168. The predicted molar refractivity (Wildman–Crippen MR) is 47.6 cm³/mol. The molecule has 1 atom stereocenters. The van der Waals surface area contributed by atoms with Gasteiger partial charge in [-0.25, -0.2) is 0 Å². The molecule has 0 bridgehead atoms. The molecule has 0 saturated carbocycles. The molecule has 0 aliphatic heterocycles. The first-order valence-corrected chi connectivity index (χ1v) is 4.50. The fourth-order valence-electron chi connectivity index (χ4n) is 0.861. The Morgan fingerprint density at radius 3 is 3.17 bits per heavy atom. The smallest absolute Gasteiger partial charge is 0.0914 e. The van der Waals surface area contributed by atoms with Gasteiger partial charge in [0, 0.05) is 6.42 Å². The molecule has 1 heterocycles. The van der Waals surface area contributed by atoms with Crippen molar-refractivity contribution < 1.29 is 5.11 Å². The molecule has 64 valence electrons. The maximum Gasteiger partial charge on any atom is 0.0914 e. The lowest BCUT2D eigenvalue weighted by Gasteiger charge is -2.04. The summed E-state index contributed by atoms with van der Waals surface area (Å²) in [5, 5.41) is 13.1. The zero-order valence-corrected chi connectivity index (χ0v) is 7.42. The van der Waals surface area contributed by atoms with Crippen LogP contribution in [0.4, 0.5) is 0 Å². The van der Waals surface area contributed by atoms with E-state index in [1.807, 2.05) is 0 Å². The molecule has 0 fully saturated rings. The second-order valence-corrected chi connectivity index (χ2v) is 3.25. The van der Waals surface area contributed by atoms with Crippen LogP contribution in [0.15, 0.2) is 6.20 Å². The van der Waals surface area contributed by atoms with Crippen LogP contribution in [0.2, 0.25) is 0 Å². The quantitative estimate of drug-likeness (QED) is 0.565. The molecule has 1 N–H and O–H groups in total. The van der Waals surface area contributed by atoms with E-state index < -0.39 is 6.10 Å². The van der Waals surface area contributed by atoms with Gasteiger partial charge in [-0.1, -0.05) is 4.49 Å². The van der Waals surface area contributed by atoms with E-state index in [0.717, 1.165) is 11.3 Å². The average Bonchev–Trinajstić information content (AvgIpc) is 2.56. The van der Waals surface area contributed by atoms with Gasteiger partial charge >= 0.3 is 0 Å². The van der Waals surface area contributed by atoms with Gasteiger partial charge in [-0.15, -0.1) is 17.4 Å². The van der Waals surface area contributed by atoms with Crippen molar-refractivity contribution in [2.45, 2.75) is 25.4 Å². The molecule has 1 rings (SSSR count). The molecule has 4 heteroatoms. The van der Waals surface area contributed by atoms with E-state index in [1.54, 1.807) is 6.20 Å². The largest absolute Gasteiger partial charge is 0.387 e. The number of unbranched alkanes of at least 4 members (excludes halogenated alkanes) is 1. The first-order valence-electron chi connectivity index (χ1n) is 3.73. The SMILES string of the molecule is C#CCCCC(O)c1cnns1. The van der Waals surface area contributed by atoms with Crippen LogP contribution in [0.3, 0.4) is 0 Å². The molecule has 0 radical (unpaired) electrons. The number of hydrogen-bond acceptors (Lipinski definition) is 4. The summed E-state index contributed by atoms with van der Waals surface area (Å²) in [7, 11) is 0. The normalized spacial score (nSPS) is 12.3. The Morgan fingerprint density at radius 1 is 1.75 bits per heavy atom. The van der Waals surface area contributed by atoms with Crippen LogP contribution in [-0.2, 0) is 0 Å². The highest BCUT2D eigenvalue weighted by Crippen LogP contribution is 2.20. The third-order valence-electron chi connectivity index (χ3n) is 1.51. The molecule has 0 amide bonds. The second-order valence-electron chi connectivity index (χ2n) is 2.43. The summed E-state index contributed by atoms with van der Waals surface area (Å²) in [6.45, 7) is 0. The second kappa shape index (κ2) is 4.86. The van der Waals surface area contributed by atoms with Crippen molar-refractivity contribution in [3.8, 4) is 12.3 Å². The van der Waals surface area contributed by atoms with E-state index in [-0.39, 0.29) is 0 Å². The van der Waals surface area contributed by atoms with Crippen molar-refractivity contribution in [2.24, 2.45) is 0 Å². The maximum absolute atomic E-state index is 9.50. The van der Waals surface area contributed by atoms with Crippen molar-refractivity contribution in [1.82, 2.24) is 9.59 Å². The molecule has 0 spiro atoms. The van der Waals surface area contributed by atoms with Crippen LogP contribution < -0.4 is 0 Å². The summed E-state index contributed by atoms with van der Waals surface area (Å²) in [5.41, 5.74) is 0. The van der Waals surface area contributed by atoms with E-state index in [1.165, 1.54) is 11.5 Å². The third kappa shape index (κ3) is 2.61. The van der Waals surface area contributed by atoms with E-state index in [9.17, 15) is 5.11 Å². The van der Waals surface area contributed by atoms with Gasteiger partial charge in [-0.2, -0.15) is 0 Å². The fraction of sp³-hybridized carbons (Fsp3) is 0.500. The lowest BCUT2D eigenvalue weighted by atomic mass is 10.1. The standard InChI is InChI=1S/C8H10N2OS/c1-2-3-4-5-7(11)8-6-9-10-12-8/h1,6-7,11H,3-5H2. The van der Waals surface area contributed by atoms with Crippen molar-refractivity contribution >= 4 is 11.5 Å². The van der Waals surface area contributed by atoms with Crippen molar-refractivity contribution in [1.29, 1.82) is 0 Å². The molecule has 0 aromatic carbocycles. The van der Waals surface area contributed by atoms with Crippen LogP contribution in [0.5, 0.6) is 0 Å². The van der Waals surface area contributed by atoms with Gasteiger partial charge in [0.05, 0.1) is 17.2 Å². The first kappa shape index (κ1) is 9.17. The fourth-order valence-corrected chi connectivity index (χ4v) is 1.38. The van der Waals surface area contributed by atoms with E-state index >= 15 is 0 Å². The topological polar surface area (TPSA) is 46.0 Å². The Hall–Kier alpha value is -0.920. The summed E-state index contributed by atoms with van der Waals surface area (Å²) < 4.78 is 3.66. The number of rotatable bonds is 4. The molecule has 0 saturated heterocycles. The Bertz CT molecular complexity index is 253. The minimum absolute atomic E-state index is 0.446. The van der Waals surface area contributed by atoms with Crippen molar-refractivity contribution in [2.75, 3.05) is 0 Å². The monoisotopic (exact) mass is 182 g/mol. The number of hydrogen-bond donors (Lipinski definition) is 1. The van der Waals surface area contributed by atoms with Gasteiger partial charge in [-0.3, -0.25) is 0 Å². The molecular formula is C8H10N2OS. The molecular weight excluding hydrogens is 172 g/mol. The van der Waals surface area contributed by atoms with Crippen LogP contribution >= 0.6 is 11.5 Å². The molecule has 3 nitrogen and oxygen atoms in total. The lowest BCUT2D eigenvalue weighted by Crippen LogP contribution is -1.93. The van der Waals surface area contributed by atoms with Crippen molar-refractivity contribution in [3.63, 3.8) is 0 Å². The minimum atomic E-state index is -0.446. The number of nitrogens with zero attached hydrogens (tertiary/aromatic N) is 2. The van der Waals surface area contributed by atoms with Gasteiger partial charge in [0.2, 0.25) is 0 Å².